The summed E-state index contributed by atoms with van der Waals surface area (Å²) >= 11 is 0. The quantitative estimate of drug-likeness (QED) is 0.757. The lowest BCUT2D eigenvalue weighted by Gasteiger charge is -2.40. The maximum absolute atomic E-state index is 11.3. The molecule has 2 saturated heterocycles. The second kappa shape index (κ2) is 7.96. The molecule has 0 aromatic heterocycles. The summed E-state index contributed by atoms with van der Waals surface area (Å²) in [5, 5.41) is 0. The van der Waals surface area contributed by atoms with Crippen LogP contribution in [0.15, 0.2) is 0 Å². The highest BCUT2D eigenvalue weighted by Gasteiger charge is 2.26. The minimum Gasteiger partial charge on any atom is -0.468 e. The molecular formula is C15H29N3O2. The number of ether oxygens (including phenoxy) is 1. The van der Waals surface area contributed by atoms with Crippen LogP contribution in [-0.2, 0) is 9.53 Å². The van der Waals surface area contributed by atoms with Crippen molar-refractivity contribution in [2.24, 2.45) is 5.73 Å². The molecular weight excluding hydrogens is 254 g/mol. The molecule has 2 aliphatic heterocycles. The third-order valence-electron chi connectivity index (χ3n) is 4.72. The maximum atomic E-state index is 11.3. The van der Waals surface area contributed by atoms with Gasteiger partial charge in [-0.2, -0.15) is 0 Å². The number of carbonyl (C=O) groups is 1. The van der Waals surface area contributed by atoms with E-state index in [-0.39, 0.29) is 5.97 Å². The molecule has 2 aliphatic rings. The molecule has 116 valence electrons. The van der Waals surface area contributed by atoms with E-state index in [4.69, 9.17) is 5.73 Å². The number of piperidine rings is 2. The fraction of sp³-hybridized carbons (Fsp3) is 0.933. The first kappa shape index (κ1) is 15.7. The Bertz CT molecular complexity index is 297. The zero-order valence-electron chi connectivity index (χ0n) is 12.7. The third kappa shape index (κ3) is 4.43. The van der Waals surface area contributed by atoms with Crippen molar-refractivity contribution >= 4 is 5.97 Å². The Hall–Kier alpha value is -0.650. The van der Waals surface area contributed by atoms with Gasteiger partial charge in [0, 0.05) is 12.6 Å². The molecule has 1 atom stereocenters. The Morgan fingerprint density at radius 1 is 1.20 bits per heavy atom. The van der Waals surface area contributed by atoms with E-state index in [2.05, 4.69) is 14.5 Å². The van der Waals surface area contributed by atoms with Crippen molar-refractivity contribution in [3.8, 4) is 0 Å². The van der Waals surface area contributed by atoms with Crippen LogP contribution in [-0.4, -0.2) is 67.7 Å². The van der Waals surface area contributed by atoms with Crippen LogP contribution in [0.3, 0.4) is 0 Å². The van der Waals surface area contributed by atoms with Crippen LogP contribution >= 0.6 is 0 Å². The summed E-state index contributed by atoms with van der Waals surface area (Å²) in [7, 11) is 1.40. The second-order valence-corrected chi connectivity index (χ2v) is 6.09. The number of esters is 1. The smallest absolute Gasteiger partial charge is 0.322 e. The number of likely N-dealkylation sites (tertiary alicyclic amines) is 2. The summed E-state index contributed by atoms with van der Waals surface area (Å²) in [4.78, 5) is 16.4. The molecule has 1 unspecified atom stereocenters. The van der Waals surface area contributed by atoms with Crippen LogP contribution < -0.4 is 5.73 Å². The van der Waals surface area contributed by atoms with Gasteiger partial charge in [0.1, 0.15) is 6.04 Å². The van der Waals surface area contributed by atoms with Crippen molar-refractivity contribution in [2.45, 2.75) is 50.6 Å². The molecule has 2 fully saturated rings. The van der Waals surface area contributed by atoms with Crippen molar-refractivity contribution in [1.82, 2.24) is 9.80 Å². The van der Waals surface area contributed by atoms with Gasteiger partial charge in [-0.3, -0.25) is 4.79 Å². The fourth-order valence-corrected chi connectivity index (χ4v) is 3.38. The van der Waals surface area contributed by atoms with Crippen molar-refractivity contribution in [1.29, 1.82) is 0 Å². The molecule has 2 heterocycles. The lowest BCUT2D eigenvalue weighted by molar-refractivity contribution is -0.142. The standard InChI is InChI=1S/C15H29N3O2/c1-20-15(19)14(16)7-12-17-10-5-13(6-11-17)18-8-3-2-4-9-18/h13-14H,2-12,16H2,1H3. The van der Waals surface area contributed by atoms with E-state index in [1.54, 1.807) is 0 Å². The van der Waals surface area contributed by atoms with Gasteiger partial charge in [-0.25, -0.2) is 0 Å². The normalized spacial score (nSPS) is 24.5. The molecule has 0 spiro atoms. The zero-order chi connectivity index (χ0) is 14.4. The summed E-state index contributed by atoms with van der Waals surface area (Å²) in [6.45, 7) is 5.75. The molecule has 2 N–H and O–H groups in total. The van der Waals surface area contributed by atoms with Crippen LogP contribution in [0.4, 0.5) is 0 Å². The third-order valence-corrected chi connectivity index (χ3v) is 4.72. The largest absolute Gasteiger partial charge is 0.468 e. The minimum absolute atomic E-state index is 0.298. The molecule has 5 heteroatoms. The number of rotatable bonds is 5. The summed E-state index contributed by atoms with van der Waals surface area (Å²) in [5.74, 6) is -0.298. The first-order valence-electron chi connectivity index (χ1n) is 8.00. The average Bonchev–Trinajstić information content (AvgIpc) is 2.53. The minimum atomic E-state index is -0.472. The monoisotopic (exact) mass is 283 g/mol. The van der Waals surface area contributed by atoms with Crippen LogP contribution in [0, 0.1) is 0 Å². The van der Waals surface area contributed by atoms with E-state index in [0.717, 1.165) is 25.7 Å². The van der Waals surface area contributed by atoms with Gasteiger partial charge >= 0.3 is 5.97 Å². The molecule has 2 rings (SSSR count). The van der Waals surface area contributed by atoms with Gasteiger partial charge in [-0.05, 0) is 58.3 Å². The van der Waals surface area contributed by atoms with E-state index >= 15 is 0 Å². The second-order valence-electron chi connectivity index (χ2n) is 6.09. The molecule has 0 amide bonds. The van der Waals surface area contributed by atoms with Crippen molar-refractivity contribution in [3.05, 3.63) is 0 Å². The van der Waals surface area contributed by atoms with Gasteiger partial charge < -0.3 is 20.3 Å². The Morgan fingerprint density at radius 3 is 2.45 bits per heavy atom. The van der Waals surface area contributed by atoms with E-state index in [0.29, 0.717) is 6.42 Å². The van der Waals surface area contributed by atoms with Gasteiger partial charge in [0.25, 0.3) is 0 Å². The van der Waals surface area contributed by atoms with Gasteiger partial charge in [0.15, 0.2) is 0 Å². The maximum Gasteiger partial charge on any atom is 0.322 e. The van der Waals surface area contributed by atoms with Gasteiger partial charge in [0.05, 0.1) is 7.11 Å². The highest BCUT2D eigenvalue weighted by Crippen LogP contribution is 2.20. The Morgan fingerprint density at radius 2 is 1.85 bits per heavy atom. The first-order chi connectivity index (χ1) is 9.70. The van der Waals surface area contributed by atoms with Crippen LogP contribution in [0.2, 0.25) is 0 Å². The Labute approximate surface area is 122 Å². The summed E-state index contributed by atoms with van der Waals surface area (Å²) in [5.41, 5.74) is 5.78. The summed E-state index contributed by atoms with van der Waals surface area (Å²) in [6, 6.07) is 0.306. The number of hydrogen-bond acceptors (Lipinski definition) is 5. The van der Waals surface area contributed by atoms with E-state index in [1.807, 2.05) is 0 Å². The number of nitrogens with two attached hydrogens (primary N) is 1. The van der Waals surface area contributed by atoms with E-state index in [1.165, 1.54) is 52.3 Å². The first-order valence-corrected chi connectivity index (χ1v) is 8.00. The molecule has 0 saturated carbocycles. The van der Waals surface area contributed by atoms with Crippen LogP contribution in [0.5, 0.6) is 0 Å². The number of hydrogen-bond donors (Lipinski definition) is 1. The van der Waals surface area contributed by atoms with E-state index < -0.39 is 6.04 Å². The average molecular weight is 283 g/mol. The Kier molecular flexibility index (Phi) is 6.26. The van der Waals surface area contributed by atoms with Crippen LogP contribution in [0.25, 0.3) is 0 Å². The van der Waals surface area contributed by atoms with Crippen molar-refractivity contribution in [2.75, 3.05) is 39.8 Å². The summed E-state index contributed by atoms with van der Waals surface area (Å²) < 4.78 is 4.66. The molecule has 20 heavy (non-hydrogen) atoms. The predicted molar refractivity (Wildman–Crippen MR) is 79.5 cm³/mol. The molecule has 0 radical (unpaired) electrons. The fourth-order valence-electron chi connectivity index (χ4n) is 3.38. The summed E-state index contributed by atoms with van der Waals surface area (Å²) in [6.07, 6.45) is 7.35. The van der Waals surface area contributed by atoms with Crippen LogP contribution in [0.1, 0.15) is 38.5 Å². The lowest BCUT2D eigenvalue weighted by Crippen LogP contribution is -2.47. The highest BCUT2D eigenvalue weighted by atomic mass is 16.5. The lowest BCUT2D eigenvalue weighted by atomic mass is 9.99. The predicted octanol–water partition coefficient (Wildman–Crippen LogP) is 0.827. The molecule has 0 aliphatic carbocycles. The van der Waals surface area contributed by atoms with Crippen molar-refractivity contribution in [3.63, 3.8) is 0 Å². The highest BCUT2D eigenvalue weighted by molar-refractivity contribution is 5.75. The molecule has 0 bridgehead atoms. The van der Waals surface area contributed by atoms with Gasteiger partial charge in [-0.1, -0.05) is 6.42 Å². The SMILES string of the molecule is COC(=O)C(N)CCN1CCC(N2CCCCC2)CC1. The van der Waals surface area contributed by atoms with Gasteiger partial charge in [-0.15, -0.1) is 0 Å². The molecule has 0 aromatic rings. The Balaban J connectivity index is 1.65. The number of nitrogens with zero attached hydrogens (tertiary/aromatic N) is 2. The van der Waals surface area contributed by atoms with Gasteiger partial charge in [0.2, 0.25) is 0 Å². The number of carbonyl (C=O) groups excluding carboxylic acids is 1. The topological polar surface area (TPSA) is 58.8 Å². The molecule has 5 nitrogen and oxygen atoms in total. The molecule has 0 aromatic carbocycles. The number of methoxy groups -OCH3 is 1. The van der Waals surface area contributed by atoms with E-state index in [9.17, 15) is 4.79 Å². The van der Waals surface area contributed by atoms with Crippen molar-refractivity contribution < 1.29 is 9.53 Å². The zero-order valence-corrected chi connectivity index (χ0v) is 12.7.